The number of benzene rings is 2. The van der Waals surface area contributed by atoms with Gasteiger partial charge in [-0.2, -0.15) is 5.10 Å². The van der Waals surface area contributed by atoms with Gasteiger partial charge < -0.3 is 0 Å². The summed E-state index contributed by atoms with van der Waals surface area (Å²) in [5.74, 6) is -0.261. The third kappa shape index (κ3) is 3.93. The van der Waals surface area contributed by atoms with Gasteiger partial charge >= 0.3 is 0 Å². The lowest BCUT2D eigenvalue weighted by Gasteiger charge is -2.00. The lowest BCUT2D eigenvalue weighted by molar-refractivity contribution is 0.0955. The number of nitrogens with one attached hydrogen (secondary N) is 1. The van der Waals surface area contributed by atoms with Gasteiger partial charge in [0.1, 0.15) is 0 Å². The van der Waals surface area contributed by atoms with Crippen molar-refractivity contribution in [2.24, 2.45) is 5.10 Å². The van der Waals surface area contributed by atoms with Gasteiger partial charge in [0.2, 0.25) is 0 Å². The quantitative estimate of drug-likeness (QED) is 0.676. The van der Waals surface area contributed by atoms with E-state index in [4.69, 9.17) is 11.6 Å². The van der Waals surface area contributed by atoms with Crippen molar-refractivity contribution < 1.29 is 4.79 Å². The second kappa shape index (κ2) is 6.87. The Morgan fingerprint density at radius 1 is 1.15 bits per heavy atom. The monoisotopic (exact) mass is 286 g/mol. The van der Waals surface area contributed by atoms with Gasteiger partial charge in [-0.3, -0.25) is 4.79 Å². The molecule has 0 atom stereocenters. The van der Waals surface area contributed by atoms with E-state index in [-0.39, 0.29) is 5.91 Å². The van der Waals surface area contributed by atoms with Crippen LogP contribution >= 0.6 is 11.6 Å². The maximum absolute atomic E-state index is 11.8. The summed E-state index contributed by atoms with van der Waals surface area (Å²) in [7, 11) is 0. The summed E-state index contributed by atoms with van der Waals surface area (Å²) in [6, 6.07) is 14.7. The SMILES string of the molecule is CCc1ccc(/C=N\NC(=O)c2ccc(Cl)cc2)cc1. The predicted molar refractivity (Wildman–Crippen MR) is 82.3 cm³/mol. The van der Waals surface area contributed by atoms with Crippen molar-refractivity contribution in [2.45, 2.75) is 13.3 Å². The minimum Gasteiger partial charge on any atom is -0.267 e. The van der Waals surface area contributed by atoms with Gasteiger partial charge in [0.05, 0.1) is 6.21 Å². The molecule has 0 radical (unpaired) electrons. The van der Waals surface area contributed by atoms with Crippen LogP contribution < -0.4 is 5.43 Å². The first-order valence-corrected chi connectivity index (χ1v) is 6.74. The molecule has 0 bridgehead atoms. The van der Waals surface area contributed by atoms with Crippen molar-refractivity contribution >= 4 is 23.7 Å². The molecule has 0 heterocycles. The van der Waals surface area contributed by atoms with E-state index in [0.29, 0.717) is 10.6 Å². The number of aryl methyl sites for hydroxylation is 1. The molecule has 102 valence electrons. The summed E-state index contributed by atoms with van der Waals surface area (Å²) >= 11 is 5.76. The molecule has 1 N–H and O–H groups in total. The number of halogens is 1. The topological polar surface area (TPSA) is 41.5 Å². The average molecular weight is 287 g/mol. The summed E-state index contributed by atoms with van der Waals surface area (Å²) in [4.78, 5) is 11.8. The highest BCUT2D eigenvalue weighted by Crippen LogP contribution is 2.09. The molecule has 0 aliphatic heterocycles. The molecule has 0 saturated carbocycles. The van der Waals surface area contributed by atoms with E-state index in [1.54, 1.807) is 30.5 Å². The van der Waals surface area contributed by atoms with Crippen LogP contribution in [-0.4, -0.2) is 12.1 Å². The van der Waals surface area contributed by atoms with Crippen molar-refractivity contribution in [3.05, 3.63) is 70.2 Å². The van der Waals surface area contributed by atoms with Gasteiger partial charge in [-0.05, 0) is 41.8 Å². The Hall–Kier alpha value is -2.13. The van der Waals surface area contributed by atoms with Crippen molar-refractivity contribution in [1.29, 1.82) is 0 Å². The van der Waals surface area contributed by atoms with Gasteiger partial charge in [-0.15, -0.1) is 0 Å². The maximum Gasteiger partial charge on any atom is 0.271 e. The first kappa shape index (κ1) is 14.3. The van der Waals surface area contributed by atoms with Crippen LogP contribution in [0.15, 0.2) is 53.6 Å². The van der Waals surface area contributed by atoms with E-state index in [1.807, 2.05) is 24.3 Å². The number of hydrogen-bond donors (Lipinski definition) is 1. The Bertz CT molecular complexity index is 603. The molecule has 0 spiro atoms. The molecular weight excluding hydrogens is 272 g/mol. The summed E-state index contributed by atoms with van der Waals surface area (Å²) < 4.78 is 0. The molecular formula is C16H15ClN2O. The molecule has 2 rings (SSSR count). The van der Waals surface area contributed by atoms with Gasteiger partial charge in [-0.1, -0.05) is 42.8 Å². The fourth-order valence-electron chi connectivity index (χ4n) is 1.67. The molecule has 0 aliphatic carbocycles. The molecule has 0 aliphatic rings. The lowest BCUT2D eigenvalue weighted by atomic mass is 10.1. The minimum atomic E-state index is -0.261. The Morgan fingerprint density at radius 3 is 2.40 bits per heavy atom. The van der Waals surface area contributed by atoms with Crippen LogP contribution in [0.1, 0.15) is 28.4 Å². The number of carbonyl (C=O) groups excluding carboxylic acids is 1. The van der Waals surface area contributed by atoms with Crippen molar-refractivity contribution in [3.63, 3.8) is 0 Å². The third-order valence-corrected chi connectivity index (χ3v) is 3.13. The fraction of sp³-hybridized carbons (Fsp3) is 0.125. The maximum atomic E-state index is 11.8. The Balaban J connectivity index is 1.95. The highest BCUT2D eigenvalue weighted by Gasteiger charge is 2.02. The molecule has 3 nitrogen and oxygen atoms in total. The first-order valence-electron chi connectivity index (χ1n) is 6.37. The smallest absolute Gasteiger partial charge is 0.267 e. The molecule has 0 fully saturated rings. The zero-order valence-electron chi connectivity index (χ0n) is 11.1. The van der Waals surface area contributed by atoms with E-state index >= 15 is 0 Å². The fourth-order valence-corrected chi connectivity index (χ4v) is 1.80. The van der Waals surface area contributed by atoms with Gasteiger partial charge in [0.25, 0.3) is 5.91 Å². The highest BCUT2D eigenvalue weighted by molar-refractivity contribution is 6.30. The standard InChI is InChI=1S/C16H15ClN2O/c1-2-12-3-5-13(6-4-12)11-18-19-16(20)14-7-9-15(17)10-8-14/h3-11H,2H2,1H3,(H,19,20)/b18-11-. The molecule has 2 aromatic carbocycles. The zero-order valence-corrected chi connectivity index (χ0v) is 11.9. The van der Waals surface area contributed by atoms with E-state index in [1.165, 1.54) is 5.56 Å². The average Bonchev–Trinajstić information content (AvgIpc) is 2.48. The van der Waals surface area contributed by atoms with Crippen LogP contribution in [0.4, 0.5) is 0 Å². The summed E-state index contributed by atoms with van der Waals surface area (Å²) in [6.45, 7) is 2.11. The summed E-state index contributed by atoms with van der Waals surface area (Å²) in [5, 5.41) is 4.54. The molecule has 1 amide bonds. The van der Waals surface area contributed by atoms with Gasteiger partial charge in [0, 0.05) is 10.6 Å². The summed E-state index contributed by atoms with van der Waals surface area (Å²) in [6.07, 6.45) is 2.62. The number of hydrazone groups is 1. The number of hydrogen-bond acceptors (Lipinski definition) is 2. The summed E-state index contributed by atoms with van der Waals surface area (Å²) in [5.41, 5.74) is 5.22. The van der Waals surface area contributed by atoms with Crippen LogP contribution in [0, 0.1) is 0 Å². The molecule has 20 heavy (non-hydrogen) atoms. The second-order valence-corrected chi connectivity index (χ2v) is 4.74. The Morgan fingerprint density at radius 2 is 1.80 bits per heavy atom. The van der Waals surface area contributed by atoms with Gasteiger partial charge in [0.15, 0.2) is 0 Å². The molecule has 0 saturated heterocycles. The number of nitrogens with zero attached hydrogens (tertiary/aromatic N) is 1. The van der Waals surface area contributed by atoms with Gasteiger partial charge in [-0.25, -0.2) is 5.43 Å². The number of carbonyl (C=O) groups is 1. The second-order valence-electron chi connectivity index (χ2n) is 4.30. The van der Waals surface area contributed by atoms with Crippen LogP contribution in [-0.2, 0) is 6.42 Å². The number of rotatable bonds is 4. The van der Waals surface area contributed by atoms with E-state index in [9.17, 15) is 4.79 Å². The van der Waals surface area contributed by atoms with Crippen molar-refractivity contribution in [1.82, 2.24) is 5.43 Å². The largest absolute Gasteiger partial charge is 0.271 e. The predicted octanol–water partition coefficient (Wildman–Crippen LogP) is 3.67. The van der Waals surface area contributed by atoms with Crippen LogP contribution in [0.2, 0.25) is 5.02 Å². The zero-order chi connectivity index (χ0) is 14.4. The van der Waals surface area contributed by atoms with Crippen molar-refractivity contribution in [2.75, 3.05) is 0 Å². The normalized spacial score (nSPS) is 10.7. The highest BCUT2D eigenvalue weighted by atomic mass is 35.5. The molecule has 4 heteroatoms. The van der Waals surface area contributed by atoms with Crippen LogP contribution in [0.5, 0.6) is 0 Å². The molecule has 0 unspecified atom stereocenters. The molecule has 0 aromatic heterocycles. The first-order chi connectivity index (χ1) is 9.69. The van der Waals surface area contributed by atoms with E-state index in [2.05, 4.69) is 17.5 Å². The van der Waals surface area contributed by atoms with Crippen LogP contribution in [0.3, 0.4) is 0 Å². The lowest BCUT2D eigenvalue weighted by Crippen LogP contribution is -2.17. The van der Waals surface area contributed by atoms with E-state index < -0.39 is 0 Å². The van der Waals surface area contributed by atoms with Crippen LogP contribution in [0.25, 0.3) is 0 Å². The molecule has 2 aromatic rings. The minimum absolute atomic E-state index is 0.261. The Labute approximate surface area is 123 Å². The Kier molecular flexibility index (Phi) is 4.91. The van der Waals surface area contributed by atoms with E-state index in [0.717, 1.165) is 12.0 Å². The van der Waals surface area contributed by atoms with Crippen molar-refractivity contribution in [3.8, 4) is 0 Å². The third-order valence-electron chi connectivity index (χ3n) is 2.87. The number of amides is 1.